The first kappa shape index (κ1) is 27.4. The lowest BCUT2D eigenvalue weighted by Crippen LogP contribution is -2.46. The number of amidine groups is 1. The van der Waals surface area contributed by atoms with Crippen molar-refractivity contribution < 1.29 is 14.6 Å². The number of carbonyl (C=O) groups is 1. The van der Waals surface area contributed by atoms with Gasteiger partial charge in [-0.2, -0.15) is 10.1 Å². The number of hydrogen-bond donors (Lipinski definition) is 4. The summed E-state index contributed by atoms with van der Waals surface area (Å²) in [5, 5.41) is 26.9. The van der Waals surface area contributed by atoms with E-state index in [4.69, 9.17) is 9.73 Å². The average molecular weight is 535 g/mol. The zero-order valence-corrected chi connectivity index (χ0v) is 23.2. The van der Waals surface area contributed by atoms with E-state index < -0.39 is 6.10 Å². The Hall–Kier alpha value is -3.17. The first-order valence-corrected chi connectivity index (χ1v) is 14.4. The Morgan fingerprint density at radius 1 is 1.18 bits per heavy atom. The fourth-order valence-corrected chi connectivity index (χ4v) is 5.52. The molecule has 2 heterocycles. The van der Waals surface area contributed by atoms with Crippen LogP contribution >= 0.6 is 0 Å². The van der Waals surface area contributed by atoms with Crippen LogP contribution in [0.1, 0.15) is 79.8 Å². The molecule has 0 unspecified atom stereocenters. The molecule has 1 aromatic rings. The first-order valence-electron chi connectivity index (χ1n) is 14.4. The van der Waals surface area contributed by atoms with E-state index in [9.17, 15) is 9.90 Å². The first-order chi connectivity index (χ1) is 18.9. The number of amides is 1. The number of ether oxygens (including phenoxy) is 1. The van der Waals surface area contributed by atoms with Crippen molar-refractivity contribution in [1.82, 2.24) is 21.0 Å². The molecule has 0 aromatic heterocycles. The standard InChI is InChI=1S/C30H42N6O3/c1-19-16-22(8-11-24(19)30(38)33-23-9-10-23)20(2)29-35-27(34-25-6-4-5-7-26(25)37)17-28(36(29)31-3)32-18-21-12-14-39-15-13-21/h8,11,16-17,21,23,25-26,32,37H,3-7,9-10,12-15,18H2,1-2H3,(H,33,38)(H,34,35)/b29-20+/t25-,26-/m0/s1. The van der Waals surface area contributed by atoms with Crippen LogP contribution in [-0.4, -0.2) is 66.5 Å². The van der Waals surface area contributed by atoms with Gasteiger partial charge in [-0.1, -0.05) is 25.0 Å². The zero-order chi connectivity index (χ0) is 27.4. The average Bonchev–Trinajstić information content (AvgIpc) is 3.77. The van der Waals surface area contributed by atoms with Crippen LogP contribution in [0, 0.1) is 12.8 Å². The van der Waals surface area contributed by atoms with Crippen molar-refractivity contribution in [2.24, 2.45) is 16.0 Å². The van der Waals surface area contributed by atoms with Crippen molar-refractivity contribution in [3.05, 3.63) is 52.6 Å². The topological polar surface area (TPSA) is 111 Å². The number of hydrogen-bond acceptors (Lipinski definition) is 8. The molecule has 210 valence electrons. The molecule has 2 atom stereocenters. The Kier molecular flexibility index (Phi) is 8.67. The molecule has 0 spiro atoms. The van der Waals surface area contributed by atoms with Crippen molar-refractivity contribution in [2.45, 2.75) is 83.4 Å². The van der Waals surface area contributed by atoms with E-state index in [1.807, 2.05) is 38.1 Å². The number of hydrazone groups is 1. The van der Waals surface area contributed by atoms with Crippen LogP contribution in [-0.2, 0) is 4.74 Å². The van der Waals surface area contributed by atoms with Gasteiger partial charge in [0.15, 0.2) is 5.82 Å². The maximum atomic E-state index is 12.7. The number of aliphatic hydroxyl groups excluding tert-OH is 1. The number of aliphatic hydroxyl groups is 1. The van der Waals surface area contributed by atoms with Crippen molar-refractivity contribution in [1.29, 1.82) is 0 Å². The van der Waals surface area contributed by atoms with Crippen molar-refractivity contribution in [3.8, 4) is 0 Å². The van der Waals surface area contributed by atoms with Crippen LogP contribution in [0.5, 0.6) is 0 Å². The maximum absolute atomic E-state index is 12.7. The molecule has 39 heavy (non-hydrogen) atoms. The van der Waals surface area contributed by atoms with Gasteiger partial charge in [-0.05, 0) is 75.5 Å². The van der Waals surface area contributed by atoms with Crippen LogP contribution in [0.25, 0.3) is 5.57 Å². The molecule has 1 amide bonds. The van der Waals surface area contributed by atoms with Crippen LogP contribution in [0.2, 0.25) is 0 Å². The minimum Gasteiger partial charge on any atom is -0.391 e. The SMILES string of the molecule is C=NN1C(NCC2CCOCC2)=CC(N[C@H]2CCCC[C@@H]2O)=N/C1=C(/C)c1ccc(C(=O)NC2CC2)c(C)c1. The van der Waals surface area contributed by atoms with Crippen LogP contribution in [0.4, 0.5) is 0 Å². The molecule has 3 fully saturated rings. The zero-order valence-electron chi connectivity index (χ0n) is 23.2. The molecular weight excluding hydrogens is 492 g/mol. The Labute approximate surface area is 231 Å². The van der Waals surface area contributed by atoms with Gasteiger partial charge in [-0.3, -0.25) is 4.79 Å². The minimum atomic E-state index is -0.394. The summed E-state index contributed by atoms with van der Waals surface area (Å²) in [5.74, 6) is 2.65. The Morgan fingerprint density at radius 2 is 1.95 bits per heavy atom. The third-order valence-corrected chi connectivity index (χ3v) is 8.20. The summed E-state index contributed by atoms with van der Waals surface area (Å²) in [7, 11) is 0. The molecule has 2 aliphatic heterocycles. The molecule has 4 N–H and O–H groups in total. The van der Waals surface area contributed by atoms with E-state index in [2.05, 4.69) is 27.8 Å². The Bertz CT molecular complexity index is 1170. The predicted molar refractivity (Wildman–Crippen MR) is 154 cm³/mol. The highest BCUT2D eigenvalue weighted by molar-refractivity contribution is 5.97. The summed E-state index contributed by atoms with van der Waals surface area (Å²) in [6, 6.07) is 6.17. The predicted octanol–water partition coefficient (Wildman–Crippen LogP) is 3.66. The molecule has 2 saturated carbocycles. The number of benzene rings is 1. The van der Waals surface area contributed by atoms with E-state index in [1.54, 1.807) is 5.01 Å². The number of nitrogens with zero attached hydrogens (tertiary/aromatic N) is 3. The minimum absolute atomic E-state index is 0.0167. The monoisotopic (exact) mass is 534 g/mol. The second-order valence-corrected chi connectivity index (χ2v) is 11.2. The fourth-order valence-electron chi connectivity index (χ4n) is 5.52. The van der Waals surface area contributed by atoms with Crippen LogP contribution in [0.15, 0.2) is 46.0 Å². The smallest absolute Gasteiger partial charge is 0.251 e. The Morgan fingerprint density at radius 3 is 2.64 bits per heavy atom. The molecule has 0 radical (unpaired) electrons. The van der Waals surface area contributed by atoms with Crippen molar-refractivity contribution >= 4 is 24.0 Å². The summed E-state index contributed by atoms with van der Waals surface area (Å²) in [5.41, 5.74) is 3.49. The van der Waals surface area contributed by atoms with E-state index in [-0.39, 0.29) is 11.9 Å². The third kappa shape index (κ3) is 6.70. The van der Waals surface area contributed by atoms with Gasteiger partial charge in [-0.25, -0.2) is 4.99 Å². The third-order valence-electron chi connectivity index (χ3n) is 8.20. The van der Waals surface area contributed by atoms with E-state index in [0.29, 0.717) is 29.2 Å². The van der Waals surface area contributed by atoms with Crippen molar-refractivity contribution in [3.63, 3.8) is 0 Å². The lowest BCUT2D eigenvalue weighted by atomic mass is 9.92. The molecule has 2 aliphatic carbocycles. The largest absolute Gasteiger partial charge is 0.391 e. The van der Waals surface area contributed by atoms with E-state index in [0.717, 1.165) is 93.6 Å². The van der Waals surface area contributed by atoms with Gasteiger partial charge in [0.25, 0.3) is 5.91 Å². The van der Waals surface area contributed by atoms with E-state index >= 15 is 0 Å². The quantitative estimate of drug-likeness (QED) is 0.379. The second-order valence-electron chi connectivity index (χ2n) is 11.2. The summed E-state index contributed by atoms with van der Waals surface area (Å²) >= 11 is 0. The van der Waals surface area contributed by atoms with E-state index in [1.165, 1.54) is 0 Å². The molecule has 1 aromatic carbocycles. The molecule has 9 nitrogen and oxygen atoms in total. The van der Waals surface area contributed by atoms with Gasteiger partial charge in [0.2, 0.25) is 0 Å². The van der Waals surface area contributed by atoms with Gasteiger partial charge in [0.05, 0.1) is 12.1 Å². The molecule has 9 heteroatoms. The Balaban J connectivity index is 1.43. The summed E-state index contributed by atoms with van der Waals surface area (Å²) in [6.45, 7) is 10.2. The maximum Gasteiger partial charge on any atom is 0.251 e. The number of rotatable bonds is 8. The lowest BCUT2D eigenvalue weighted by molar-refractivity contribution is 0.0664. The van der Waals surface area contributed by atoms with Crippen molar-refractivity contribution in [2.75, 3.05) is 19.8 Å². The molecule has 0 bridgehead atoms. The highest BCUT2D eigenvalue weighted by Gasteiger charge is 2.28. The van der Waals surface area contributed by atoms with Crippen LogP contribution in [0.3, 0.4) is 0 Å². The highest BCUT2D eigenvalue weighted by Crippen LogP contribution is 2.30. The number of allylic oxidation sites excluding steroid dienone is 1. The molecule has 5 rings (SSSR count). The number of nitrogens with one attached hydrogen (secondary N) is 3. The van der Waals surface area contributed by atoms with Gasteiger partial charge in [-0.15, -0.1) is 0 Å². The van der Waals surface area contributed by atoms with Crippen LogP contribution < -0.4 is 16.0 Å². The normalized spacial score (nSPS) is 25.4. The molecule has 4 aliphatic rings. The highest BCUT2D eigenvalue weighted by atomic mass is 16.5. The lowest BCUT2D eigenvalue weighted by Gasteiger charge is -2.33. The number of aryl methyl sites for hydroxylation is 1. The van der Waals surface area contributed by atoms with Gasteiger partial charge in [0, 0.05) is 49.7 Å². The second kappa shape index (κ2) is 12.3. The summed E-state index contributed by atoms with van der Waals surface area (Å²) in [4.78, 5) is 17.6. The number of aliphatic imine (C=N–C) groups is 1. The number of carbonyl (C=O) groups excluding carboxylic acids is 1. The van der Waals surface area contributed by atoms with Gasteiger partial charge < -0.3 is 25.8 Å². The molecule has 1 saturated heterocycles. The summed E-state index contributed by atoms with van der Waals surface area (Å²) in [6.07, 6.45) is 9.57. The summed E-state index contributed by atoms with van der Waals surface area (Å²) < 4.78 is 5.53. The van der Waals surface area contributed by atoms with Gasteiger partial charge in [0.1, 0.15) is 11.7 Å². The van der Waals surface area contributed by atoms with Gasteiger partial charge >= 0.3 is 0 Å². The fraction of sp³-hybridized carbons (Fsp3) is 0.567. The molecular formula is C30H42N6O3.